The molecule has 5 nitrogen and oxygen atoms in total. The molecular weight excluding hydrogens is 220 g/mol. The molecule has 1 unspecified atom stereocenters. The van der Waals surface area contributed by atoms with E-state index in [-0.39, 0.29) is 5.91 Å². The van der Waals surface area contributed by atoms with E-state index in [2.05, 4.69) is 5.32 Å². The number of nitrogen functional groups attached to an aromatic ring is 1. The van der Waals surface area contributed by atoms with Gasteiger partial charge in [-0.3, -0.25) is 4.79 Å². The largest absolute Gasteiger partial charge is 0.399 e. The number of rotatable bonds is 6. The van der Waals surface area contributed by atoms with Gasteiger partial charge in [0.15, 0.2) is 0 Å². The van der Waals surface area contributed by atoms with Crippen LogP contribution in [0.4, 0.5) is 11.4 Å². The van der Waals surface area contributed by atoms with Gasteiger partial charge in [0.25, 0.3) is 5.91 Å². The number of benzene rings is 1. The Hall–Kier alpha value is -1.59. The number of nitrogens with one attached hydrogen (secondary N) is 1. The first kappa shape index (κ1) is 13.5. The standard InChI is InChI=1S/C12H18N2O3/c1-9(17-7-6-16-2)12(15)14-11-5-3-4-10(13)8-11/h3-5,8-9H,6-7,13H2,1-2H3,(H,14,15). The third-order valence-electron chi connectivity index (χ3n) is 2.18. The van der Waals surface area contributed by atoms with Gasteiger partial charge in [-0.25, -0.2) is 0 Å². The Morgan fingerprint density at radius 1 is 1.47 bits per heavy atom. The first-order chi connectivity index (χ1) is 8.13. The molecule has 0 aliphatic heterocycles. The summed E-state index contributed by atoms with van der Waals surface area (Å²) in [5, 5.41) is 2.72. The second-order valence-corrected chi connectivity index (χ2v) is 3.62. The van der Waals surface area contributed by atoms with Crippen molar-refractivity contribution in [2.75, 3.05) is 31.4 Å². The van der Waals surface area contributed by atoms with Crippen LogP contribution >= 0.6 is 0 Å². The van der Waals surface area contributed by atoms with E-state index in [1.54, 1.807) is 38.3 Å². The van der Waals surface area contributed by atoms with Crippen molar-refractivity contribution in [3.8, 4) is 0 Å². The van der Waals surface area contributed by atoms with Crippen molar-refractivity contribution in [1.82, 2.24) is 0 Å². The minimum Gasteiger partial charge on any atom is -0.399 e. The SMILES string of the molecule is COCCOC(C)C(=O)Nc1cccc(N)c1. The van der Waals surface area contributed by atoms with E-state index in [1.807, 2.05) is 0 Å². The zero-order valence-corrected chi connectivity index (χ0v) is 10.1. The molecule has 0 aromatic heterocycles. The summed E-state index contributed by atoms with van der Waals surface area (Å²) in [6.45, 7) is 2.55. The van der Waals surface area contributed by atoms with Gasteiger partial charge in [-0.15, -0.1) is 0 Å². The second kappa shape index (κ2) is 6.88. The van der Waals surface area contributed by atoms with Crippen molar-refractivity contribution in [2.24, 2.45) is 0 Å². The highest BCUT2D eigenvalue weighted by molar-refractivity contribution is 5.94. The number of anilines is 2. The molecule has 0 fully saturated rings. The fraction of sp³-hybridized carbons (Fsp3) is 0.417. The van der Waals surface area contributed by atoms with Crippen molar-refractivity contribution in [2.45, 2.75) is 13.0 Å². The van der Waals surface area contributed by atoms with E-state index in [0.717, 1.165) is 0 Å². The Morgan fingerprint density at radius 2 is 2.24 bits per heavy atom. The number of methoxy groups -OCH3 is 1. The minimum absolute atomic E-state index is 0.202. The predicted molar refractivity (Wildman–Crippen MR) is 66.8 cm³/mol. The molecule has 94 valence electrons. The summed E-state index contributed by atoms with van der Waals surface area (Å²) >= 11 is 0. The molecule has 0 spiro atoms. The summed E-state index contributed by atoms with van der Waals surface area (Å²) in [4.78, 5) is 11.7. The molecule has 1 amide bonds. The van der Waals surface area contributed by atoms with E-state index in [4.69, 9.17) is 15.2 Å². The molecule has 1 aromatic carbocycles. The smallest absolute Gasteiger partial charge is 0.253 e. The van der Waals surface area contributed by atoms with Crippen LogP contribution in [0.1, 0.15) is 6.92 Å². The lowest BCUT2D eigenvalue weighted by Crippen LogP contribution is -2.28. The van der Waals surface area contributed by atoms with E-state index >= 15 is 0 Å². The summed E-state index contributed by atoms with van der Waals surface area (Å²) in [7, 11) is 1.58. The quantitative estimate of drug-likeness (QED) is 0.578. The number of nitrogens with two attached hydrogens (primary N) is 1. The van der Waals surface area contributed by atoms with Gasteiger partial charge in [-0.2, -0.15) is 0 Å². The molecule has 5 heteroatoms. The van der Waals surface area contributed by atoms with Crippen LogP contribution in [0.15, 0.2) is 24.3 Å². The Balaban J connectivity index is 2.43. The number of carbonyl (C=O) groups is 1. The van der Waals surface area contributed by atoms with Crippen LogP contribution in [0, 0.1) is 0 Å². The normalized spacial score (nSPS) is 12.1. The van der Waals surface area contributed by atoms with Crippen LogP contribution in [0.2, 0.25) is 0 Å². The van der Waals surface area contributed by atoms with Crippen LogP contribution in [0.3, 0.4) is 0 Å². The summed E-state index contributed by atoms with van der Waals surface area (Å²) in [6.07, 6.45) is -0.522. The topological polar surface area (TPSA) is 73.6 Å². The maximum atomic E-state index is 11.7. The lowest BCUT2D eigenvalue weighted by Gasteiger charge is -2.13. The minimum atomic E-state index is -0.522. The number of carbonyl (C=O) groups excluding carboxylic acids is 1. The summed E-state index contributed by atoms with van der Waals surface area (Å²) < 4.78 is 10.1. The Bertz CT molecular complexity index is 369. The summed E-state index contributed by atoms with van der Waals surface area (Å²) in [5.41, 5.74) is 6.88. The zero-order valence-electron chi connectivity index (χ0n) is 10.1. The average molecular weight is 238 g/mol. The zero-order chi connectivity index (χ0) is 12.7. The number of amides is 1. The van der Waals surface area contributed by atoms with E-state index in [9.17, 15) is 4.79 Å². The summed E-state index contributed by atoms with van der Waals surface area (Å²) in [5.74, 6) is -0.202. The molecular formula is C12H18N2O3. The van der Waals surface area contributed by atoms with Gasteiger partial charge in [0.1, 0.15) is 6.10 Å². The van der Waals surface area contributed by atoms with Crippen LogP contribution in [-0.2, 0) is 14.3 Å². The number of hydrogen-bond donors (Lipinski definition) is 2. The molecule has 17 heavy (non-hydrogen) atoms. The van der Waals surface area contributed by atoms with Crippen molar-refractivity contribution < 1.29 is 14.3 Å². The predicted octanol–water partition coefficient (Wildman–Crippen LogP) is 1.26. The Morgan fingerprint density at radius 3 is 2.88 bits per heavy atom. The monoisotopic (exact) mass is 238 g/mol. The number of hydrogen-bond acceptors (Lipinski definition) is 4. The fourth-order valence-corrected chi connectivity index (χ4v) is 1.24. The van der Waals surface area contributed by atoms with E-state index < -0.39 is 6.10 Å². The van der Waals surface area contributed by atoms with E-state index in [0.29, 0.717) is 24.6 Å². The third-order valence-corrected chi connectivity index (χ3v) is 2.18. The highest BCUT2D eigenvalue weighted by Crippen LogP contribution is 2.12. The molecule has 0 saturated carbocycles. The third kappa shape index (κ3) is 4.84. The van der Waals surface area contributed by atoms with Crippen LogP contribution in [0.25, 0.3) is 0 Å². The van der Waals surface area contributed by atoms with Crippen molar-refractivity contribution in [3.05, 3.63) is 24.3 Å². The average Bonchev–Trinajstić information content (AvgIpc) is 2.29. The highest BCUT2D eigenvalue weighted by Gasteiger charge is 2.13. The second-order valence-electron chi connectivity index (χ2n) is 3.62. The van der Waals surface area contributed by atoms with Gasteiger partial charge < -0.3 is 20.5 Å². The van der Waals surface area contributed by atoms with Crippen molar-refractivity contribution in [3.63, 3.8) is 0 Å². The Kier molecular flexibility index (Phi) is 5.45. The molecule has 0 heterocycles. The maximum Gasteiger partial charge on any atom is 0.253 e. The van der Waals surface area contributed by atoms with Gasteiger partial charge >= 0.3 is 0 Å². The molecule has 0 aliphatic rings. The molecule has 0 saturated heterocycles. The van der Waals surface area contributed by atoms with Crippen molar-refractivity contribution >= 4 is 17.3 Å². The van der Waals surface area contributed by atoms with Gasteiger partial charge in [-0.1, -0.05) is 6.07 Å². The molecule has 3 N–H and O–H groups in total. The molecule has 0 aliphatic carbocycles. The van der Waals surface area contributed by atoms with Gasteiger partial charge in [0.05, 0.1) is 13.2 Å². The lowest BCUT2D eigenvalue weighted by molar-refractivity contribution is -0.127. The van der Waals surface area contributed by atoms with Gasteiger partial charge in [0, 0.05) is 18.5 Å². The molecule has 0 bridgehead atoms. The van der Waals surface area contributed by atoms with Gasteiger partial charge in [0.2, 0.25) is 0 Å². The van der Waals surface area contributed by atoms with E-state index in [1.165, 1.54) is 0 Å². The lowest BCUT2D eigenvalue weighted by atomic mass is 10.2. The fourth-order valence-electron chi connectivity index (χ4n) is 1.24. The highest BCUT2D eigenvalue weighted by atomic mass is 16.5. The van der Waals surface area contributed by atoms with Crippen molar-refractivity contribution in [1.29, 1.82) is 0 Å². The van der Waals surface area contributed by atoms with Crippen LogP contribution in [-0.4, -0.2) is 32.3 Å². The molecule has 1 aromatic rings. The van der Waals surface area contributed by atoms with Crippen LogP contribution in [0.5, 0.6) is 0 Å². The molecule has 1 rings (SSSR count). The number of ether oxygens (including phenoxy) is 2. The Labute approximate surface area is 101 Å². The van der Waals surface area contributed by atoms with Gasteiger partial charge in [-0.05, 0) is 25.1 Å². The molecule has 0 radical (unpaired) electrons. The van der Waals surface area contributed by atoms with Crippen LogP contribution < -0.4 is 11.1 Å². The molecule has 1 atom stereocenters. The summed E-state index contributed by atoms with van der Waals surface area (Å²) in [6, 6.07) is 7.01. The first-order valence-corrected chi connectivity index (χ1v) is 5.40. The maximum absolute atomic E-state index is 11.7. The first-order valence-electron chi connectivity index (χ1n) is 5.40.